The van der Waals surface area contributed by atoms with Crippen LogP contribution in [0.25, 0.3) is 0 Å². The number of amides is 1. The lowest BCUT2D eigenvalue weighted by Gasteiger charge is -2.28. The monoisotopic (exact) mass is 230 g/mol. The number of hydrogen-bond acceptors (Lipinski definition) is 4. The van der Waals surface area contributed by atoms with Crippen molar-refractivity contribution in [1.29, 1.82) is 5.26 Å². The molecule has 1 aliphatic heterocycles. The van der Waals surface area contributed by atoms with Crippen LogP contribution in [0.1, 0.15) is 27.7 Å². The fourth-order valence-corrected chi connectivity index (χ4v) is 4.03. The van der Waals surface area contributed by atoms with Gasteiger partial charge in [-0.1, -0.05) is 0 Å². The number of nitrogens with zero attached hydrogens (tertiary/aromatic N) is 2. The summed E-state index contributed by atoms with van der Waals surface area (Å²) in [5.41, 5.74) is -2.25. The van der Waals surface area contributed by atoms with Gasteiger partial charge < -0.3 is 0 Å². The lowest BCUT2D eigenvalue weighted by molar-refractivity contribution is -0.134. The van der Waals surface area contributed by atoms with Crippen molar-refractivity contribution in [3.05, 3.63) is 0 Å². The van der Waals surface area contributed by atoms with Crippen molar-refractivity contribution in [2.24, 2.45) is 5.41 Å². The minimum absolute atomic E-state index is 0.232. The van der Waals surface area contributed by atoms with Gasteiger partial charge in [0.25, 0.3) is 0 Å². The van der Waals surface area contributed by atoms with Crippen LogP contribution in [0.2, 0.25) is 0 Å². The lowest BCUT2D eigenvalue weighted by Crippen LogP contribution is -2.47. The molecule has 0 unspecified atom stereocenters. The second kappa shape index (κ2) is 2.95. The van der Waals surface area contributed by atoms with Crippen molar-refractivity contribution in [1.82, 2.24) is 4.31 Å². The normalized spacial score (nSPS) is 23.9. The third-order valence-electron chi connectivity index (χ3n) is 2.37. The Morgan fingerprint density at radius 2 is 1.93 bits per heavy atom. The number of rotatable bonds is 1. The molecule has 0 bridgehead atoms. The van der Waals surface area contributed by atoms with Gasteiger partial charge in [0.2, 0.25) is 15.9 Å². The second-order valence-corrected chi connectivity index (χ2v) is 6.70. The van der Waals surface area contributed by atoms with Crippen molar-refractivity contribution in [2.45, 2.75) is 33.2 Å². The highest BCUT2D eigenvalue weighted by molar-refractivity contribution is 7.90. The summed E-state index contributed by atoms with van der Waals surface area (Å²) < 4.78 is 24.2. The van der Waals surface area contributed by atoms with E-state index in [1.165, 1.54) is 13.8 Å². The summed E-state index contributed by atoms with van der Waals surface area (Å²) in [5, 5.41) is 8.87. The number of carbonyl (C=O) groups is 1. The molecule has 0 atom stereocenters. The van der Waals surface area contributed by atoms with Gasteiger partial charge in [0.05, 0.1) is 17.2 Å². The molecule has 0 radical (unpaired) electrons. The zero-order chi connectivity index (χ0) is 12.1. The zero-order valence-corrected chi connectivity index (χ0v) is 10.1. The van der Waals surface area contributed by atoms with E-state index in [0.717, 1.165) is 0 Å². The molecule has 6 heteroatoms. The van der Waals surface area contributed by atoms with Crippen LogP contribution in [-0.4, -0.2) is 29.9 Å². The topological polar surface area (TPSA) is 78.2 Å². The first-order valence-electron chi connectivity index (χ1n) is 4.53. The number of nitriles is 1. The maximum absolute atomic E-state index is 11.8. The van der Waals surface area contributed by atoms with Gasteiger partial charge in [-0.05, 0) is 27.7 Å². The Balaban J connectivity index is 3.34. The molecule has 5 nitrogen and oxygen atoms in total. The Labute approximate surface area is 89.7 Å². The molecule has 15 heavy (non-hydrogen) atoms. The molecule has 1 amide bonds. The molecule has 0 N–H and O–H groups in total. The van der Waals surface area contributed by atoms with Crippen molar-refractivity contribution in [3.8, 4) is 6.07 Å². The van der Waals surface area contributed by atoms with Gasteiger partial charge in [-0.25, -0.2) is 12.7 Å². The maximum atomic E-state index is 11.8. The number of hydrogen-bond donors (Lipinski definition) is 0. The van der Waals surface area contributed by atoms with Gasteiger partial charge in [-0.2, -0.15) is 5.26 Å². The Hall–Kier alpha value is -1.09. The Bertz CT molecular complexity index is 442. The van der Waals surface area contributed by atoms with Crippen LogP contribution in [0.4, 0.5) is 0 Å². The second-order valence-electron chi connectivity index (χ2n) is 4.88. The predicted molar refractivity (Wildman–Crippen MR) is 54.1 cm³/mol. The third kappa shape index (κ3) is 1.72. The van der Waals surface area contributed by atoms with Gasteiger partial charge in [0.1, 0.15) is 5.54 Å². The molecule has 1 rings (SSSR count). The largest absolute Gasteiger partial charge is 0.273 e. The predicted octanol–water partition coefficient (Wildman–Crippen LogP) is 0.487. The average Bonchev–Trinajstić information content (AvgIpc) is 2.16. The molecular weight excluding hydrogens is 216 g/mol. The van der Waals surface area contributed by atoms with Gasteiger partial charge in [-0.3, -0.25) is 4.79 Å². The van der Waals surface area contributed by atoms with E-state index >= 15 is 0 Å². The van der Waals surface area contributed by atoms with E-state index in [-0.39, 0.29) is 5.75 Å². The molecule has 0 aliphatic carbocycles. The Kier molecular flexibility index (Phi) is 2.36. The summed E-state index contributed by atoms with van der Waals surface area (Å²) in [6, 6.07) is 1.83. The minimum Gasteiger partial charge on any atom is -0.273 e. The van der Waals surface area contributed by atoms with Crippen molar-refractivity contribution < 1.29 is 13.2 Å². The summed E-state index contributed by atoms with van der Waals surface area (Å²) in [5.74, 6) is -0.738. The molecule has 0 aromatic heterocycles. The van der Waals surface area contributed by atoms with E-state index in [9.17, 15) is 13.2 Å². The first-order chi connectivity index (χ1) is 6.54. The van der Waals surface area contributed by atoms with Gasteiger partial charge in [0.15, 0.2) is 0 Å². The van der Waals surface area contributed by atoms with E-state index in [1.807, 2.05) is 6.07 Å². The Morgan fingerprint density at radius 1 is 1.47 bits per heavy atom. The zero-order valence-electron chi connectivity index (χ0n) is 9.23. The average molecular weight is 230 g/mol. The summed E-state index contributed by atoms with van der Waals surface area (Å²) in [6.07, 6.45) is 0. The fraction of sp³-hybridized carbons (Fsp3) is 0.778. The molecule has 0 aromatic rings. The molecular formula is C9H14N2O3S. The molecule has 84 valence electrons. The number of sulfonamides is 1. The van der Waals surface area contributed by atoms with Crippen molar-refractivity contribution in [3.63, 3.8) is 0 Å². The van der Waals surface area contributed by atoms with Crippen LogP contribution < -0.4 is 0 Å². The summed E-state index contributed by atoms with van der Waals surface area (Å²) in [7, 11) is -3.65. The molecule has 0 aromatic carbocycles. The van der Waals surface area contributed by atoms with E-state index in [4.69, 9.17) is 5.26 Å². The third-order valence-corrected chi connectivity index (χ3v) is 4.63. The van der Waals surface area contributed by atoms with E-state index in [0.29, 0.717) is 4.31 Å². The van der Waals surface area contributed by atoms with E-state index < -0.39 is 26.9 Å². The van der Waals surface area contributed by atoms with Gasteiger partial charge >= 0.3 is 0 Å². The van der Waals surface area contributed by atoms with Crippen molar-refractivity contribution >= 4 is 15.9 Å². The molecule has 1 aliphatic rings. The summed E-state index contributed by atoms with van der Waals surface area (Å²) in [4.78, 5) is 11.8. The lowest BCUT2D eigenvalue weighted by atomic mass is 9.94. The van der Waals surface area contributed by atoms with Crippen LogP contribution >= 0.6 is 0 Å². The number of carbonyl (C=O) groups excluding carboxylic acids is 1. The van der Waals surface area contributed by atoms with Crippen LogP contribution in [0.5, 0.6) is 0 Å². The molecule has 1 fully saturated rings. The molecule has 0 spiro atoms. The van der Waals surface area contributed by atoms with E-state index in [2.05, 4.69) is 0 Å². The molecule has 0 saturated carbocycles. The van der Waals surface area contributed by atoms with E-state index in [1.54, 1.807) is 13.8 Å². The molecule has 1 heterocycles. The highest BCUT2D eigenvalue weighted by Gasteiger charge is 2.54. The smallest absolute Gasteiger partial charge is 0.244 e. The van der Waals surface area contributed by atoms with Crippen LogP contribution in [0, 0.1) is 16.7 Å². The summed E-state index contributed by atoms with van der Waals surface area (Å²) >= 11 is 0. The van der Waals surface area contributed by atoms with Crippen LogP contribution in [-0.2, 0) is 14.8 Å². The van der Waals surface area contributed by atoms with Gasteiger partial charge in [0, 0.05) is 0 Å². The highest BCUT2D eigenvalue weighted by atomic mass is 32.2. The van der Waals surface area contributed by atoms with Crippen LogP contribution in [0.15, 0.2) is 0 Å². The SMILES string of the molecule is CC1(C)CS(=O)(=O)N(C(C)(C)C#N)C1=O. The van der Waals surface area contributed by atoms with Gasteiger partial charge in [-0.15, -0.1) is 0 Å². The fourth-order valence-electron chi connectivity index (χ4n) is 1.63. The minimum atomic E-state index is -3.65. The quantitative estimate of drug-likeness (QED) is 0.656. The standard InChI is InChI=1S/C9H14N2O3S/c1-8(2)6-15(13,14)11(7(8)12)9(3,4)5-10/h6H2,1-4H3. The Morgan fingerprint density at radius 3 is 2.20 bits per heavy atom. The molecule has 1 saturated heterocycles. The highest BCUT2D eigenvalue weighted by Crippen LogP contribution is 2.36. The summed E-state index contributed by atoms with van der Waals surface area (Å²) in [6.45, 7) is 5.98. The van der Waals surface area contributed by atoms with Crippen LogP contribution in [0.3, 0.4) is 0 Å². The first-order valence-corrected chi connectivity index (χ1v) is 6.14. The first kappa shape index (κ1) is 12.0. The van der Waals surface area contributed by atoms with Crippen molar-refractivity contribution in [2.75, 3.05) is 5.75 Å². The maximum Gasteiger partial charge on any atom is 0.244 e.